The van der Waals surface area contributed by atoms with Gasteiger partial charge in [0.1, 0.15) is 5.82 Å². The van der Waals surface area contributed by atoms with Gasteiger partial charge in [-0.15, -0.1) is 11.3 Å². The number of nitrogens with one attached hydrogen (secondary N) is 1. The van der Waals surface area contributed by atoms with E-state index in [0.717, 1.165) is 19.0 Å². The van der Waals surface area contributed by atoms with Crippen molar-refractivity contribution in [3.05, 3.63) is 23.7 Å². The van der Waals surface area contributed by atoms with E-state index in [-0.39, 0.29) is 0 Å². The minimum absolute atomic E-state index is 0.716. The van der Waals surface area contributed by atoms with E-state index >= 15 is 0 Å². The van der Waals surface area contributed by atoms with E-state index in [4.69, 9.17) is 0 Å². The fourth-order valence-corrected chi connectivity index (χ4v) is 3.86. The molecule has 0 aromatic carbocycles. The molecule has 0 radical (unpaired) electrons. The lowest BCUT2D eigenvalue weighted by Gasteiger charge is -2.33. The third-order valence-corrected chi connectivity index (χ3v) is 5.43. The highest BCUT2D eigenvalue weighted by atomic mass is 32.1. The molecule has 1 aliphatic heterocycles. The molecular weight excluding hydrogens is 266 g/mol. The molecule has 3 nitrogen and oxygen atoms in total. The minimum Gasteiger partial charge on any atom is -0.356 e. The van der Waals surface area contributed by atoms with E-state index in [1.165, 1.54) is 48.1 Å². The van der Waals surface area contributed by atoms with E-state index < -0.39 is 0 Å². The first-order valence-corrected chi connectivity index (χ1v) is 8.58. The van der Waals surface area contributed by atoms with Gasteiger partial charge >= 0.3 is 0 Å². The molecule has 2 aromatic rings. The monoisotopic (exact) mass is 287 g/mol. The lowest BCUT2D eigenvalue weighted by atomic mass is 10.0. The van der Waals surface area contributed by atoms with Crippen molar-refractivity contribution >= 4 is 27.2 Å². The molecular formula is C16H21N3S. The minimum atomic E-state index is 0.716. The molecule has 2 aliphatic rings. The van der Waals surface area contributed by atoms with E-state index in [2.05, 4.69) is 32.7 Å². The van der Waals surface area contributed by atoms with Crippen LogP contribution < -0.4 is 10.2 Å². The second kappa shape index (κ2) is 5.34. The molecule has 0 amide bonds. The maximum absolute atomic E-state index is 4.62. The summed E-state index contributed by atoms with van der Waals surface area (Å²) in [6.45, 7) is 3.50. The van der Waals surface area contributed by atoms with Crippen LogP contribution in [0, 0.1) is 5.92 Å². The van der Waals surface area contributed by atoms with Crippen molar-refractivity contribution in [1.82, 2.24) is 10.3 Å². The molecule has 4 rings (SSSR count). The molecule has 3 heterocycles. The Balaban J connectivity index is 1.41. The number of aromatic nitrogens is 1. The maximum atomic E-state index is 4.62. The lowest BCUT2D eigenvalue weighted by Crippen LogP contribution is -2.43. The van der Waals surface area contributed by atoms with Gasteiger partial charge in [-0.2, -0.15) is 0 Å². The molecule has 4 heteroatoms. The zero-order chi connectivity index (χ0) is 13.4. The Kier molecular flexibility index (Phi) is 3.36. The number of anilines is 1. The Bertz CT molecular complexity index is 582. The molecule has 2 aromatic heterocycles. The highest BCUT2D eigenvalue weighted by Gasteiger charge is 2.25. The number of rotatable bonds is 4. The smallest absolute Gasteiger partial charge is 0.137 e. The molecule has 106 valence electrons. The molecule has 0 bridgehead atoms. The maximum Gasteiger partial charge on any atom is 0.137 e. The summed E-state index contributed by atoms with van der Waals surface area (Å²) in [5.41, 5.74) is 0. The molecule has 1 aliphatic carbocycles. The molecule has 2 fully saturated rings. The summed E-state index contributed by atoms with van der Waals surface area (Å²) in [7, 11) is 0. The Hall–Kier alpha value is -1.13. The third-order valence-electron chi connectivity index (χ3n) is 4.55. The van der Waals surface area contributed by atoms with Crippen LogP contribution in [-0.2, 0) is 0 Å². The summed E-state index contributed by atoms with van der Waals surface area (Å²) < 4.78 is 1.35. The molecule has 1 saturated carbocycles. The number of thiophene rings is 1. The van der Waals surface area contributed by atoms with Crippen molar-refractivity contribution in [3.63, 3.8) is 0 Å². The van der Waals surface area contributed by atoms with Crippen molar-refractivity contribution in [1.29, 1.82) is 0 Å². The van der Waals surface area contributed by atoms with Crippen molar-refractivity contribution in [2.45, 2.75) is 31.7 Å². The van der Waals surface area contributed by atoms with Gasteiger partial charge in [0.25, 0.3) is 0 Å². The predicted molar refractivity (Wildman–Crippen MR) is 85.6 cm³/mol. The summed E-state index contributed by atoms with van der Waals surface area (Å²) in [4.78, 5) is 7.09. The first-order chi connectivity index (χ1) is 9.90. The normalized spacial score (nSPS) is 20.7. The van der Waals surface area contributed by atoms with Crippen molar-refractivity contribution in [3.8, 4) is 0 Å². The molecule has 0 atom stereocenters. The topological polar surface area (TPSA) is 28.2 Å². The molecule has 1 saturated heterocycles. The fraction of sp³-hybridized carbons (Fsp3) is 0.562. The van der Waals surface area contributed by atoms with Crippen LogP contribution in [0.4, 0.5) is 5.82 Å². The highest BCUT2D eigenvalue weighted by molar-refractivity contribution is 7.17. The second-order valence-electron chi connectivity index (χ2n) is 6.08. The van der Waals surface area contributed by atoms with Crippen molar-refractivity contribution < 1.29 is 0 Å². The Morgan fingerprint density at radius 2 is 2.05 bits per heavy atom. The van der Waals surface area contributed by atoms with Crippen LogP contribution >= 0.6 is 11.3 Å². The first kappa shape index (κ1) is 12.6. The first-order valence-electron chi connectivity index (χ1n) is 7.71. The number of nitrogens with zero attached hydrogens (tertiary/aromatic N) is 2. The zero-order valence-electron chi connectivity index (χ0n) is 11.7. The van der Waals surface area contributed by atoms with Crippen LogP contribution in [0.3, 0.4) is 0 Å². The number of hydrogen-bond donors (Lipinski definition) is 1. The van der Waals surface area contributed by atoms with Gasteiger partial charge in [-0.1, -0.05) is 0 Å². The SMILES string of the molecule is c1cc2sccc2c(N2CCC(NCC3CC3)CC2)n1. The quantitative estimate of drug-likeness (QED) is 0.935. The van der Waals surface area contributed by atoms with Crippen LogP contribution in [0.2, 0.25) is 0 Å². The average molecular weight is 287 g/mol. The van der Waals surface area contributed by atoms with Crippen LogP contribution in [-0.4, -0.2) is 30.7 Å². The summed E-state index contributed by atoms with van der Waals surface area (Å²) in [6.07, 6.45) is 7.32. The predicted octanol–water partition coefficient (Wildman–Crippen LogP) is 3.26. The van der Waals surface area contributed by atoms with Gasteiger partial charge in [0.05, 0.1) is 0 Å². The summed E-state index contributed by atoms with van der Waals surface area (Å²) in [5, 5.41) is 7.23. The third kappa shape index (κ3) is 2.54. The van der Waals surface area contributed by atoms with Gasteiger partial charge in [-0.05, 0) is 55.7 Å². The standard InChI is InChI=1S/C16H21N3S/c1-2-12(1)11-18-13-4-8-19(9-5-13)16-14-6-10-20-15(14)3-7-17-16/h3,6-7,10,12-13,18H,1-2,4-5,8-9,11H2. The molecule has 20 heavy (non-hydrogen) atoms. The highest BCUT2D eigenvalue weighted by Crippen LogP contribution is 2.31. The molecule has 1 N–H and O–H groups in total. The number of hydrogen-bond acceptors (Lipinski definition) is 4. The van der Waals surface area contributed by atoms with E-state index in [0.29, 0.717) is 6.04 Å². The van der Waals surface area contributed by atoms with Crippen LogP contribution in [0.1, 0.15) is 25.7 Å². The van der Waals surface area contributed by atoms with E-state index in [9.17, 15) is 0 Å². The van der Waals surface area contributed by atoms with Gasteiger partial charge < -0.3 is 10.2 Å². The Morgan fingerprint density at radius 1 is 1.20 bits per heavy atom. The van der Waals surface area contributed by atoms with Gasteiger partial charge in [-0.25, -0.2) is 4.98 Å². The van der Waals surface area contributed by atoms with Crippen molar-refractivity contribution in [2.75, 3.05) is 24.5 Å². The number of piperidine rings is 1. The zero-order valence-corrected chi connectivity index (χ0v) is 12.5. The van der Waals surface area contributed by atoms with Crippen LogP contribution in [0.25, 0.3) is 10.1 Å². The number of pyridine rings is 1. The Morgan fingerprint density at radius 3 is 2.85 bits per heavy atom. The Labute approximate surface area is 124 Å². The fourth-order valence-electron chi connectivity index (χ4n) is 3.08. The second-order valence-corrected chi connectivity index (χ2v) is 7.03. The molecule has 0 spiro atoms. The summed E-state index contributed by atoms with van der Waals surface area (Å²) in [6, 6.07) is 5.04. The van der Waals surface area contributed by atoms with Crippen molar-refractivity contribution in [2.24, 2.45) is 5.92 Å². The van der Waals surface area contributed by atoms with Gasteiger partial charge in [0, 0.05) is 35.4 Å². The van der Waals surface area contributed by atoms with E-state index in [1.807, 2.05) is 6.20 Å². The van der Waals surface area contributed by atoms with Crippen LogP contribution in [0.15, 0.2) is 23.7 Å². The molecule has 0 unspecified atom stereocenters. The van der Waals surface area contributed by atoms with Gasteiger partial charge in [0.15, 0.2) is 0 Å². The van der Waals surface area contributed by atoms with Crippen LogP contribution in [0.5, 0.6) is 0 Å². The number of fused-ring (bicyclic) bond motifs is 1. The lowest BCUT2D eigenvalue weighted by molar-refractivity contribution is 0.408. The summed E-state index contributed by atoms with van der Waals surface area (Å²) in [5.74, 6) is 2.17. The largest absolute Gasteiger partial charge is 0.356 e. The van der Waals surface area contributed by atoms with E-state index in [1.54, 1.807) is 11.3 Å². The van der Waals surface area contributed by atoms with Gasteiger partial charge in [0.2, 0.25) is 0 Å². The average Bonchev–Trinajstić information content (AvgIpc) is 3.20. The van der Waals surface area contributed by atoms with Gasteiger partial charge in [-0.3, -0.25) is 0 Å². The summed E-state index contributed by atoms with van der Waals surface area (Å²) >= 11 is 1.81.